The second-order valence-electron chi connectivity index (χ2n) is 8.70. The van der Waals surface area contributed by atoms with Gasteiger partial charge in [0.2, 0.25) is 16.0 Å². The number of nitrogens with zero attached hydrogens (tertiary/aromatic N) is 6. The van der Waals surface area contributed by atoms with E-state index in [1.165, 1.54) is 21.4 Å². The summed E-state index contributed by atoms with van der Waals surface area (Å²) in [7, 11) is -2.21. The van der Waals surface area contributed by atoms with Crippen LogP contribution in [0, 0.1) is 5.92 Å². The van der Waals surface area contributed by atoms with Crippen molar-refractivity contribution in [2.24, 2.45) is 13.0 Å². The molecule has 1 aliphatic rings. The standard InChI is InChI=1S/C20H21F6N7O3S2/c1-10-8-33(38(35,36)11-5-29-32(2)9-11)4-3-13(10)30-18-28-6-12(19(21,22)23)15(31-18)17-27-7-14(37-17)16(34)20(24,25)26/h5-7,9-10,13,16,34H,3-4,8H2,1-2H3,(H,28,30,31)/t10-,13+,16?/m1/s1. The van der Waals surface area contributed by atoms with Gasteiger partial charge in [0.05, 0.1) is 11.1 Å². The molecule has 3 atom stereocenters. The van der Waals surface area contributed by atoms with Crippen LogP contribution in [-0.2, 0) is 23.2 Å². The van der Waals surface area contributed by atoms with Gasteiger partial charge in [0.1, 0.15) is 21.2 Å². The molecule has 18 heteroatoms. The summed E-state index contributed by atoms with van der Waals surface area (Å²) < 4.78 is 108. The van der Waals surface area contributed by atoms with Crippen molar-refractivity contribution >= 4 is 27.3 Å². The summed E-state index contributed by atoms with van der Waals surface area (Å²) in [5.74, 6) is -0.542. The Bertz CT molecular complexity index is 1410. The zero-order valence-corrected chi connectivity index (χ0v) is 21.3. The summed E-state index contributed by atoms with van der Waals surface area (Å²) in [5, 5.41) is 15.7. The number of nitrogens with one attached hydrogen (secondary N) is 1. The number of hydrogen-bond donors (Lipinski definition) is 2. The van der Waals surface area contributed by atoms with Gasteiger partial charge in [-0.25, -0.2) is 23.4 Å². The molecule has 1 saturated heterocycles. The number of thiazole rings is 1. The molecule has 3 aromatic heterocycles. The molecular formula is C20H21F6N7O3S2. The lowest BCUT2D eigenvalue weighted by Crippen LogP contribution is -2.47. The predicted molar refractivity (Wildman–Crippen MR) is 122 cm³/mol. The Labute approximate surface area is 216 Å². The molecule has 0 radical (unpaired) electrons. The second-order valence-corrected chi connectivity index (χ2v) is 11.7. The lowest BCUT2D eigenvalue weighted by atomic mass is 9.95. The average Bonchev–Trinajstić information content (AvgIpc) is 3.48. The zero-order chi connectivity index (χ0) is 28.0. The number of alkyl halides is 6. The first kappa shape index (κ1) is 28.2. The maximum absolute atomic E-state index is 13.6. The number of sulfonamides is 1. The van der Waals surface area contributed by atoms with Crippen LogP contribution in [0.3, 0.4) is 0 Å². The molecule has 3 aromatic rings. The maximum Gasteiger partial charge on any atom is 0.420 e. The third kappa shape index (κ3) is 5.76. The van der Waals surface area contributed by atoms with Crippen LogP contribution in [0.4, 0.5) is 32.3 Å². The number of aryl methyl sites for hydroxylation is 1. The number of rotatable bonds is 6. The Balaban J connectivity index is 1.56. The first-order valence-electron chi connectivity index (χ1n) is 11.0. The minimum Gasteiger partial charge on any atom is -0.379 e. The smallest absolute Gasteiger partial charge is 0.379 e. The van der Waals surface area contributed by atoms with Crippen LogP contribution < -0.4 is 5.32 Å². The molecule has 4 rings (SSSR count). The minimum atomic E-state index is -5.02. The van der Waals surface area contributed by atoms with Gasteiger partial charge >= 0.3 is 12.4 Å². The highest BCUT2D eigenvalue weighted by molar-refractivity contribution is 7.89. The molecule has 208 valence electrons. The maximum atomic E-state index is 13.6. The summed E-state index contributed by atoms with van der Waals surface area (Å²) in [6, 6.07) is -0.418. The van der Waals surface area contributed by atoms with Crippen molar-refractivity contribution in [3.8, 4) is 10.7 Å². The number of hydrogen-bond acceptors (Lipinski definition) is 9. The Hall–Kier alpha value is -2.83. The van der Waals surface area contributed by atoms with Gasteiger partial charge in [0.25, 0.3) is 0 Å². The Morgan fingerprint density at radius 3 is 2.45 bits per heavy atom. The molecule has 0 saturated carbocycles. The van der Waals surface area contributed by atoms with E-state index in [-0.39, 0.29) is 47.6 Å². The number of piperidine rings is 1. The van der Waals surface area contributed by atoms with Crippen molar-refractivity contribution < 1.29 is 39.9 Å². The summed E-state index contributed by atoms with van der Waals surface area (Å²) in [5.41, 5.74) is -2.05. The lowest BCUT2D eigenvalue weighted by molar-refractivity contribution is -0.205. The Morgan fingerprint density at radius 2 is 1.87 bits per heavy atom. The molecule has 0 bridgehead atoms. The van der Waals surface area contributed by atoms with Gasteiger partial charge in [-0.15, -0.1) is 11.3 Å². The summed E-state index contributed by atoms with van der Waals surface area (Å²) in [6.07, 6.45) is -8.83. The van der Waals surface area contributed by atoms with Crippen molar-refractivity contribution in [1.29, 1.82) is 0 Å². The summed E-state index contributed by atoms with van der Waals surface area (Å²) in [4.78, 5) is 10.6. The minimum absolute atomic E-state index is 0.0350. The molecule has 2 N–H and O–H groups in total. The molecule has 0 amide bonds. The van der Waals surface area contributed by atoms with E-state index in [2.05, 4.69) is 25.4 Å². The van der Waals surface area contributed by atoms with Crippen molar-refractivity contribution in [3.05, 3.63) is 35.2 Å². The van der Waals surface area contributed by atoms with E-state index in [1.807, 2.05) is 0 Å². The van der Waals surface area contributed by atoms with Crippen LogP contribution in [0.1, 0.15) is 29.9 Å². The van der Waals surface area contributed by atoms with Crippen molar-refractivity contribution in [2.45, 2.75) is 42.7 Å². The molecule has 1 fully saturated rings. The van der Waals surface area contributed by atoms with Gasteiger partial charge in [-0.2, -0.15) is 35.7 Å². The molecular weight excluding hydrogens is 564 g/mol. The van der Waals surface area contributed by atoms with Gasteiger partial charge in [0.15, 0.2) is 6.10 Å². The third-order valence-corrected chi connectivity index (χ3v) is 8.78. The third-order valence-electron chi connectivity index (χ3n) is 5.90. The van der Waals surface area contributed by atoms with Crippen molar-refractivity contribution in [1.82, 2.24) is 29.0 Å². The van der Waals surface area contributed by atoms with Gasteiger partial charge in [-0.1, -0.05) is 6.92 Å². The van der Waals surface area contributed by atoms with Crippen LogP contribution in [0.25, 0.3) is 10.7 Å². The molecule has 4 heterocycles. The first-order valence-corrected chi connectivity index (χ1v) is 13.2. The average molecular weight is 586 g/mol. The lowest BCUT2D eigenvalue weighted by Gasteiger charge is -2.36. The first-order chi connectivity index (χ1) is 17.6. The molecule has 0 aliphatic carbocycles. The fourth-order valence-electron chi connectivity index (χ4n) is 3.89. The van der Waals surface area contributed by atoms with Crippen LogP contribution in [-0.4, -0.2) is 67.9 Å². The number of aliphatic hydroxyl groups is 1. The number of aromatic nitrogens is 5. The molecule has 1 aliphatic heterocycles. The largest absolute Gasteiger partial charge is 0.420 e. The molecule has 10 nitrogen and oxygen atoms in total. The number of anilines is 1. The number of halogens is 6. The van der Waals surface area contributed by atoms with E-state index in [4.69, 9.17) is 0 Å². The van der Waals surface area contributed by atoms with E-state index >= 15 is 0 Å². The number of aliphatic hydroxyl groups excluding tert-OH is 1. The quantitative estimate of drug-likeness (QED) is 0.422. The fraction of sp³-hybridized carbons (Fsp3) is 0.500. The highest BCUT2D eigenvalue weighted by atomic mass is 32.2. The van der Waals surface area contributed by atoms with Gasteiger partial charge in [0, 0.05) is 44.8 Å². The summed E-state index contributed by atoms with van der Waals surface area (Å²) in [6.45, 7) is 1.96. The highest BCUT2D eigenvalue weighted by Crippen LogP contribution is 2.41. The van der Waals surface area contributed by atoms with Gasteiger partial charge < -0.3 is 10.4 Å². The SMILES string of the molecule is C[C@@H]1CN(S(=O)(=O)c2cnn(C)c2)CC[C@@H]1Nc1ncc(C(F)(F)F)c(-c2ncc(C(O)C(F)(F)F)s2)n1. The van der Waals surface area contributed by atoms with Gasteiger partial charge in [-0.05, 0) is 12.3 Å². The van der Waals surface area contributed by atoms with Crippen LogP contribution >= 0.6 is 11.3 Å². The van der Waals surface area contributed by atoms with E-state index in [0.717, 1.165) is 0 Å². The monoisotopic (exact) mass is 585 g/mol. The van der Waals surface area contributed by atoms with Crippen LogP contribution in [0.2, 0.25) is 0 Å². The second kappa shape index (κ2) is 10.0. The Kier molecular flexibility index (Phi) is 7.45. The molecule has 0 aromatic carbocycles. The van der Waals surface area contributed by atoms with Gasteiger partial charge in [-0.3, -0.25) is 4.68 Å². The molecule has 38 heavy (non-hydrogen) atoms. The van der Waals surface area contributed by atoms with E-state index < -0.39 is 55.7 Å². The van der Waals surface area contributed by atoms with E-state index in [1.54, 1.807) is 14.0 Å². The van der Waals surface area contributed by atoms with E-state index in [0.29, 0.717) is 12.4 Å². The van der Waals surface area contributed by atoms with Crippen molar-refractivity contribution in [3.63, 3.8) is 0 Å². The molecule has 1 unspecified atom stereocenters. The predicted octanol–water partition coefficient (Wildman–Crippen LogP) is 3.46. The van der Waals surface area contributed by atoms with Crippen LogP contribution in [0.15, 0.2) is 29.7 Å². The van der Waals surface area contributed by atoms with E-state index in [9.17, 15) is 39.9 Å². The van der Waals surface area contributed by atoms with Crippen LogP contribution in [0.5, 0.6) is 0 Å². The Morgan fingerprint density at radius 1 is 1.16 bits per heavy atom. The zero-order valence-electron chi connectivity index (χ0n) is 19.7. The fourth-order valence-corrected chi connectivity index (χ4v) is 6.37. The highest BCUT2D eigenvalue weighted by Gasteiger charge is 2.42. The summed E-state index contributed by atoms with van der Waals surface area (Å²) >= 11 is 0.230. The molecule has 0 spiro atoms. The van der Waals surface area contributed by atoms with Crippen molar-refractivity contribution in [2.75, 3.05) is 18.4 Å². The topological polar surface area (TPSA) is 126 Å². The normalized spacial score (nSPS) is 20.4.